The highest BCUT2D eigenvalue weighted by Crippen LogP contribution is 2.37. The van der Waals surface area contributed by atoms with Crippen molar-refractivity contribution in [2.24, 2.45) is 0 Å². The highest BCUT2D eigenvalue weighted by atomic mass is 16.5. The number of aromatic nitrogens is 1. The fourth-order valence-corrected chi connectivity index (χ4v) is 4.46. The van der Waals surface area contributed by atoms with Crippen molar-refractivity contribution in [1.82, 2.24) is 10.3 Å². The van der Waals surface area contributed by atoms with Gasteiger partial charge >= 0.3 is 5.97 Å². The van der Waals surface area contributed by atoms with Gasteiger partial charge in [-0.2, -0.15) is 0 Å². The third kappa shape index (κ3) is 4.32. The number of ether oxygens (including phenoxy) is 2. The monoisotopic (exact) mass is 453 g/mol. The fraction of sp³-hybridized carbons (Fsp3) is 0.214. The van der Waals surface area contributed by atoms with Crippen molar-refractivity contribution in [1.29, 1.82) is 0 Å². The molecule has 0 bridgehead atoms. The van der Waals surface area contributed by atoms with Gasteiger partial charge in [-0.3, -0.25) is 0 Å². The van der Waals surface area contributed by atoms with Gasteiger partial charge in [0.2, 0.25) is 0 Å². The fourth-order valence-electron chi connectivity index (χ4n) is 4.46. The van der Waals surface area contributed by atoms with Gasteiger partial charge in [0.25, 0.3) is 0 Å². The zero-order valence-electron chi connectivity index (χ0n) is 19.3. The second-order valence-electron chi connectivity index (χ2n) is 8.39. The van der Waals surface area contributed by atoms with Crippen LogP contribution in [-0.4, -0.2) is 37.3 Å². The van der Waals surface area contributed by atoms with E-state index in [9.17, 15) is 4.79 Å². The summed E-state index contributed by atoms with van der Waals surface area (Å²) in [5, 5.41) is 6.15. The summed E-state index contributed by atoms with van der Waals surface area (Å²) in [7, 11) is 1.36. The van der Waals surface area contributed by atoms with Gasteiger partial charge in [0.15, 0.2) is 5.69 Å². The summed E-state index contributed by atoms with van der Waals surface area (Å²) >= 11 is 0. The predicted molar refractivity (Wildman–Crippen MR) is 134 cm³/mol. The minimum Gasteiger partial charge on any atom is -0.485 e. The molecule has 2 heterocycles. The highest BCUT2D eigenvalue weighted by molar-refractivity contribution is 5.88. The van der Waals surface area contributed by atoms with E-state index in [1.807, 2.05) is 36.4 Å². The molecule has 0 saturated heterocycles. The SMILES string of the molecule is COC(=O)c1cccc(N2CC(CNC(C)c3cccc4ccccc34)Oc3ccccc32)n1. The Kier molecular flexibility index (Phi) is 6.14. The predicted octanol–water partition coefficient (Wildman–Crippen LogP) is 5.27. The second-order valence-corrected chi connectivity index (χ2v) is 8.39. The molecule has 0 aliphatic carbocycles. The zero-order valence-corrected chi connectivity index (χ0v) is 19.3. The maximum Gasteiger partial charge on any atom is 0.356 e. The van der Waals surface area contributed by atoms with Gasteiger partial charge in [-0.1, -0.05) is 60.7 Å². The molecule has 1 aliphatic heterocycles. The molecule has 0 spiro atoms. The molecule has 1 aliphatic rings. The van der Waals surface area contributed by atoms with E-state index in [0.29, 0.717) is 18.9 Å². The van der Waals surface area contributed by atoms with E-state index in [-0.39, 0.29) is 17.8 Å². The number of nitrogens with zero attached hydrogens (tertiary/aromatic N) is 2. The van der Waals surface area contributed by atoms with Crippen LogP contribution >= 0.6 is 0 Å². The van der Waals surface area contributed by atoms with E-state index < -0.39 is 5.97 Å². The number of rotatable bonds is 6. The summed E-state index contributed by atoms with van der Waals surface area (Å²) < 4.78 is 11.2. The molecule has 34 heavy (non-hydrogen) atoms. The van der Waals surface area contributed by atoms with Crippen molar-refractivity contribution in [2.75, 3.05) is 25.1 Å². The number of benzene rings is 3. The van der Waals surface area contributed by atoms with E-state index >= 15 is 0 Å². The highest BCUT2D eigenvalue weighted by Gasteiger charge is 2.28. The lowest BCUT2D eigenvalue weighted by Gasteiger charge is -2.36. The maximum absolute atomic E-state index is 12.0. The molecule has 2 unspecified atom stereocenters. The maximum atomic E-state index is 12.0. The quantitative estimate of drug-likeness (QED) is 0.401. The lowest BCUT2D eigenvalue weighted by Crippen LogP contribution is -2.44. The number of esters is 1. The Morgan fingerprint density at radius 2 is 1.82 bits per heavy atom. The van der Waals surface area contributed by atoms with Crippen LogP contribution in [0.3, 0.4) is 0 Å². The number of methoxy groups -OCH3 is 1. The Labute approximate surface area is 199 Å². The summed E-state index contributed by atoms with van der Waals surface area (Å²) in [6.07, 6.45) is -0.101. The molecular formula is C28H27N3O3. The molecule has 1 aromatic heterocycles. The number of pyridine rings is 1. The van der Waals surface area contributed by atoms with Crippen molar-refractivity contribution in [3.63, 3.8) is 0 Å². The standard InChI is InChI=1S/C28H27N3O3/c1-19(22-12-7-10-20-9-3-4-11-23(20)22)29-17-21-18-31(25-14-5-6-15-26(25)34-21)27-16-8-13-24(30-27)28(32)33-2/h3-16,19,21,29H,17-18H2,1-2H3. The molecule has 0 fully saturated rings. The number of para-hydroxylation sites is 2. The van der Waals surface area contributed by atoms with Crippen LogP contribution in [0.1, 0.15) is 29.0 Å². The average Bonchev–Trinajstić information content (AvgIpc) is 2.90. The summed E-state index contributed by atoms with van der Waals surface area (Å²) in [5.74, 6) is 1.03. The Morgan fingerprint density at radius 1 is 1.06 bits per heavy atom. The molecule has 6 heteroatoms. The molecular weight excluding hydrogens is 426 g/mol. The first kappa shape index (κ1) is 21.9. The van der Waals surface area contributed by atoms with E-state index in [0.717, 1.165) is 11.4 Å². The van der Waals surface area contributed by atoms with Gasteiger partial charge in [0.1, 0.15) is 17.7 Å². The Hall–Kier alpha value is -3.90. The lowest BCUT2D eigenvalue weighted by atomic mass is 9.99. The van der Waals surface area contributed by atoms with Crippen LogP contribution in [-0.2, 0) is 4.74 Å². The molecule has 0 radical (unpaired) electrons. The van der Waals surface area contributed by atoms with Crippen LogP contribution < -0.4 is 15.0 Å². The van der Waals surface area contributed by atoms with E-state index in [1.165, 1.54) is 23.4 Å². The van der Waals surface area contributed by atoms with Crippen LogP contribution in [0.25, 0.3) is 10.8 Å². The molecule has 172 valence electrons. The van der Waals surface area contributed by atoms with Gasteiger partial charge in [-0.05, 0) is 47.5 Å². The summed E-state index contributed by atoms with van der Waals surface area (Å²) in [4.78, 5) is 18.7. The van der Waals surface area contributed by atoms with Crippen LogP contribution in [0, 0.1) is 0 Å². The van der Waals surface area contributed by atoms with Crippen molar-refractivity contribution >= 4 is 28.2 Å². The molecule has 0 saturated carbocycles. The Morgan fingerprint density at radius 3 is 2.71 bits per heavy atom. The van der Waals surface area contributed by atoms with Crippen molar-refractivity contribution in [3.05, 3.63) is 96.2 Å². The number of carbonyl (C=O) groups is 1. The number of carbonyl (C=O) groups excluding carboxylic acids is 1. The minimum absolute atomic E-state index is 0.101. The third-order valence-electron chi connectivity index (χ3n) is 6.18. The van der Waals surface area contributed by atoms with Gasteiger partial charge in [0, 0.05) is 12.6 Å². The van der Waals surface area contributed by atoms with Gasteiger partial charge in [-0.25, -0.2) is 9.78 Å². The normalized spacial score (nSPS) is 15.9. The Balaban J connectivity index is 1.37. The summed E-state index contributed by atoms with van der Waals surface area (Å²) in [6, 6.07) is 28.3. The van der Waals surface area contributed by atoms with Crippen molar-refractivity contribution < 1.29 is 14.3 Å². The van der Waals surface area contributed by atoms with E-state index in [1.54, 1.807) is 6.07 Å². The molecule has 4 aromatic rings. The first-order valence-electron chi connectivity index (χ1n) is 11.4. The number of anilines is 2. The zero-order chi connectivity index (χ0) is 23.5. The topological polar surface area (TPSA) is 63.7 Å². The number of fused-ring (bicyclic) bond motifs is 2. The van der Waals surface area contributed by atoms with Crippen LogP contribution in [0.15, 0.2) is 84.9 Å². The Bertz CT molecular complexity index is 1320. The molecule has 0 amide bonds. The second kappa shape index (κ2) is 9.53. The molecule has 2 atom stereocenters. The smallest absolute Gasteiger partial charge is 0.356 e. The largest absolute Gasteiger partial charge is 0.485 e. The summed E-state index contributed by atoms with van der Waals surface area (Å²) in [6.45, 7) is 3.44. The van der Waals surface area contributed by atoms with Crippen molar-refractivity contribution in [2.45, 2.75) is 19.1 Å². The van der Waals surface area contributed by atoms with Crippen LogP contribution in [0.2, 0.25) is 0 Å². The molecule has 6 nitrogen and oxygen atoms in total. The lowest BCUT2D eigenvalue weighted by molar-refractivity contribution is 0.0594. The van der Waals surface area contributed by atoms with Gasteiger partial charge in [0.05, 0.1) is 19.3 Å². The van der Waals surface area contributed by atoms with Crippen LogP contribution in [0.4, 0.5) is 11.5 Å². The van der Waals surface area contributed by atoms with E-state index in [2.05, 4.69) is 64.6 Å². The number of nitrogens with one attached hydrogen (secondary N) is 1. The average molecular weight is 454 g/mol. The molecule has 1 N–H and O–H groups in total. The number of hydrogen-bond acceptors (Lipinski definition) is 6. The summed E-state index contributed by atoms with van der Waals surface area (Å²) in [5.41, 5.74) is 2.47. The minimum atomic E-state index is -0.453. The van der Waals surface area contributed by atoms with Gasteiger partial charge in [-0.15, -0.1) is 0 Å². The molecule has 3 aromatic carbocycles. The van der Waals surface area contributed by atoms with E-state index in [4.69, 9.17) is 9.47 Å². The van der Waals surface area contributed by atoms with Crippen LogP contribution in [0.5, 0.6) is 5.75 Å². The first-order valence-corrected chi connectivity index (χ1v) is 11.4. The first-order chi connectivity index (χ1) is 16.6. The third-order valence-corrected chi connectivity index (χ3v) is 6.18. The number of hydrogen-bond donors (Lipinski definition) is 1. The van der Waals surface area contributed by atoms with Gasteiger partial charge < -0.3 is 19.7 Å². The van der Waals surface area contributed by atoms with Crippen molar-refractivity contribution in [3.8, 4) is 5.75 Å². The molecule has 5 rings (SSSR count).